The van der Waals surface area contributed by atoms with Gasteiger partial charge in [-0.05, 0) is 25.8 Å². The van der Waals surface area contributed by atoms with Crippen LogP contribution in [0.25, 0.3) is 0 Å². The van der Waals surface area contributed by atoms with Gasteiger partial charge >= 0.3 is 0 Å². The molecule has 1 unspecified atom stereocenters. The van der Waals surface area contributed by atoms with Gasteiger partial charge in [0.2, 0.25) is 0 Å². The first-order valence-corrected chi connectivity index (χ1v) is 7.74. The molecular weight excluding hydrogens is 278 g/mol. The van der Waals surface area contributed by atoms with E-state index < -0.39 is 0 Å². The van der Waals surface area contributed by atoms with Gasteiger partial charge in [0, 0.05) is 29.5 Å². The summed E-state index contributed by atoms with van der Waals surface area (Å²) in [6.45, 7) is 9.01. The number of aromatic nitrogens is 4. The number of H-pyrrole nitrogens is 2. The summed E-state index contributed by atoms with van der Waals surface area (Å²) < 4.78 is 0. The molecule has 1 aliphatic rings. The second-order valence-electron chi connectivity index (χ2n) is 7.02. The van der Waals surface area contributed by atoms with Crippen molar-refractivity contribution in [1.82, 2.24) is 25.1 Å². The smallest absolute Gasteiger partial charge is 0.274 e. The molecule has 2 aromatic heterocycles. The van der Waals surface area contributed by atoms with E-state index in [9.17, 15) is 4.79 Å². The topological polar surface area (TPSA) is 77.7 Å². The van der Waals surface area contributed by atoms with Crippen LogP contribution in [-0.2, 0) is 5.41 Å². The third-order valence-electron chi connectivity index (χ3n) is 4.16. The molecule has 6 heteroatoms. The van der Waals surface area contributed by atoms with Crippen LogP contribution < -0.4 is 0 Å². The van der Waals surface area contributed by atoms with Crippen LogP contribution >= 0.6 is 0 Å². The molecule has 1 fully saturated rings. The van der Waals surface area contributed by atoms with Crippen LogP contribution in [0.2, 0.25) is 0 Å². The van der Waals surface area contributed by atoms with E-state index in [1.54, 1.807) is 0 Å². The number of hydrogen-bond acceptors (Lipinski definition) is 3. The molecule has 3 rings (SSSR count). The maximum atomic E-state index is 12.8. The number of rotatable bonds is 2. The predicted molar refractivity (Wildman–Crippen MR) is 83.6 cm³/mol. The third-order valence-corrected chi connectivity index (χ3v) is 4.16. The molecule has 0 spiro atoms. The van der Waals surface area contributed by atoms with Gasteiger partial charge in [0.25, 0.3) is 5.91 Å². The Morgan fingerprint density at radius 1 is 1.41 bits per heavy atom. The fourth-order valence-corrected chi connectivity index (χ4v) is 2.86. The highest BCUT2D eigenvalue weighted by atomic mass is 16.2. The highest BCUT2D eigenvalue weighted by Crippen LogP contribution is 2.31. The highest BCUT2D eigenvalue weighted by molar-refractivity contribution is 5.92. The van der Waals surface area contributed by atoms with Crippen LogP contribution in [0.15, 0.2) is 12.3 Å². The van der Waals surface area contributed by atoms with E-state index in [1.165, 1.54) is 0 Å². The molecule has 0 radical (unpaired) electrons. The van der Waals surface area contributed by atoms with Gasteiger partial charge in [0.15, 0.2) is 0 Å². The summed E-state index contributed by atoms with van der Waals surface area (Å²) in [4.78, 5) is 22.3. The molecule has 2 N–H and O–H groups in total. The van der Waals surface area contributed by atoms with E-state index in [2.05, 4.69) is 40.9 Å². The highest BCUT2D eigenvalue weighted by Gasteiger charge is 2.33. The van der Waals surface area contributed by atoms with Gasteiger partial charge in [-0.1, -0.05) is 20.8 Å². The van der Waals surface area contributed by atoms with Crippen molar-refractivity contribution in [2.45, 2.75) is 52.0 Å². The molecule has 1 saturated heterocycles. The van der Waals surface area contributed by atoms with Crippen LogP contribution in [0.4, 0.5) is 0 Å². The minimum atomic E-state index is -0.0476. The number of carbonyl (C=O) groups is 1. The molecular formula is C16H23N5O. The van der Waals surface area contributed by atoms with Gasteiger partial charge in [0.05, 0.1) is 6.04 Å². The minimum absolute atomic E-state index is 0.0241. The number of imidazole rings is 1. The van der Waals surface area contributed by atoms with Crippen molar-refractivity contribution in [2.75, 3.05) is 6.54 Å². The largest absolute Gasteiger partial charge is 0.344 e. The van der Waals surface area contributed by atoms with Gasteiger partial charge < -0.3 is 9.88 Å². The number of aryl methyl sites for hydroxylation is 1. The van der Waals surface area contributed by atoms with Crippen LogP contribution in [0.1, 0.15) is 67.4 Å². The summed E-state index contributed by atoms with van der Waals surface area (Å²) in [6, 6.07) is 1.89. The summed E-state index contributed by atoms with van der Waals surface area (Å²) in [7, 11) is 0. The van der Waals surface area contributed by atoms with Gasteiger partial charge in [-0.3, -0.25) is 9.89 Å². The lowest BCUT2D eigenvalue weighted by molar-refractivity contribution is 0.0724. The molecule has 1 amide bonds. The average molecular weight is 301 g/mol. The van der Waals surface area contributed by atoms with E-state index in [-0.39, 0.29) is 17.4 Å². The Kier molecular flexibility index (Phi) is 3.54. The van der Waals surface area contributed by atoms with Gasteiger partial charge in [0.1, 0.15) is 11.5 Å². The average Bonchev–Trinajstić information content (AvgIpc) is 3.16. The zero-order chi connectivity index (χ0) is 15.9. The summed E-state index contributed by atoms with van der Waals surface area (Å²) >= 11 is 0. The second kappa shape index (κ2) is 5.26. The Bertz CT molecular complexity index is 679. The fraction of sp³-hybridized carbons (Fsp3) is 0.562. The van der Waals surface area contributed by atoms with Crippen LogP contribution in [0.3, 0.4) is 0 Å². The Hall–Kier alpha value is -2.11. The molecule has 6 nitrogen and oxygen atoms in total. The first-order valence-electron chi connectivity index (χ1n) is 7.74. The molecule has 0 bridgehead atoms. The lowest BCUT2D eigenvalue weighted by atomic mass is 9.92. The number of carbonyl (C=O) groups excluding carboxylic acids is 1. The molecule has 22 heavy (non-hydrogen) atoms. The Labute approximate surface area is 130 Å². The van der Waals surface area contributed by atoms with E-state index >= 15 is 0 Å². The Morgan fingerprint density at radius 3 is 2.77 bits per heavy atom. The fourth-order valence-electron chi connectivity index (χ4n) is 2.86. The van der Waals surface area contributed by atoms with E-state index in [1.807, 2.05) is 24.1 Å². The first kappa shape index (κ1) is 14.8. The van der Waals surface area contributed by atoms with Crippen LogP contribution in [-0.4, -0.2) is 37.5 Å². The van der Waals surface area contributed by atoms with Crippen molar-refractivity contribution in [3.63, 3.8) is 0 Å². The van der Waals surface area contributed by atoms with Crippen molar-refractivity contribution in [2.24, 2.45) is 0 Å². The molecule has 118 valence electrons. The molecule has 1 aliphatic heterocycles. The molecule has 3 heterocycles. The summed E-state index contributed by atoms with van der Waals surface area (Å²) in [6.07, 6.45) is 3.74. The van der Waals surface area contributed by atoms with E-state index in [0.717, 1.165) is 36.6 Å². The third kappa shape index (κ3) is 2.65. The second-order valence-corrected chi connectivity index (χ2v) is 7.02. The zero-order valence-electron chi connectivity index (χ0n) is 13.6. The summed E-state index contributed by atoms with van der Waals surface area (Å²) in [5.74, 6) is 0.846. The Balaban J connectivity index is 1.83. The number of amides is 1. The standard InChI is InChI=1S/C16H23N5O/c1-10-9-17-14(18-10)12-6-5-7-21(12)15(22)11-8-13(20-19-11)16(2,3)4/h8-9,12H,5-7H2,1-4H3,(H,17,18)(H,19,20). The molecule has 2 aromatic rings. The predicted octanol–water partition coefficient (Wildman–Crippen LogP) is 2.72. The quantitative estimate of drug-likeness (QED) is 0.895. The molecule has 0 aromatic carbocycles. The van der Waals surface area contributed by atoms with Crippen molar-refractivity contribution in [3.8, 4) is 0 Å². The van der Waals surface area contributed by atoms with Gasteiger partial charge in [-0.2, -0.15) is 5.10 Å². The molecule has 0 aliphatic carbocycles. The minimum Gasteiger partial charge on any atom is -0.344 e. The Morgan fingerprint density at radius 2 is 2.18 bits per heavy atom. The number of hydrogen-bond donors (Lipinski definition) is 2. The lowest BCUT2D eigenvalue weighted by Crippen LogP contribution is -2.31. The first-order chi connectivity index (χ1) is 10.4. The van der Waals surface area contributed by atoms with Crippen LogP contribution in [0.5, 0.6) is 0 Å². The van der Waals surface area contributed by atoms with Crippen LogP contribution in [0, 0.1) is 6.92 Å². The summed E-state index contributed by atoms with van der Waals surface area (Å²) in [5, 5.41) is 7.20. The van der Waals surface area contributed by atoms with E-state index in [4.69, 9.17) is 0 Å². The molecule has 1 atom stereocenters. The number of nitrogens with one attached hydrogen (secondary N) is 2. The number of nitrogens with zero attached hydrogens (tertiary/aromatic N) is 3. The SMILES string of the molecule is Cc1cnc(C2CCCN2C(=O)c2cc(C(C)(C)C)[nH]n2)[nH]1. The summed E-state index contributed by atoms with van der Waals surface area (Å²) in [5.41, 5.74) is 2.43. The molecule has 0 saturated carbocycles. The van der Waals surface area contributed by atoms with Crippen molar-refractivity contribution in [3.05, 3.63) is 35.2 Å². The van der Waals surface area contributed by atoms with Gasteiger partial charge in [-0.25, -0.2) is 4.98 Å². The van der Waals surface area contributed by atoms with Gasteiger partial charge in [-0.15, -0.1) is 0 Å². The maximum Gasteiger partial charge on any atom is 0.274 e. The van der Waals surface area contributed by atoms with E-state index in [0.29, 0.717) is 5.69 Å². The zero-order valence-corrected chi connectivity index (χ0v) is 13.6. The van der Waals surface area contributed by atoms with Crippen molar-refractivity contribution >= 4 is 5.91 Å². The monoisotopic (exact) mass is 301 g/mol. The van der Waals surface area contributed by atoms with Crippen molar-refractivity contribution < 1.29 is 4.79 Å². The lowest BCUT2D eigenvalue weighted by Gasteiger charge is -2.22. The number of likely N-dealkylation sites (tertiary alicyclic amines) is 1. The normalized spacial score (nSPS) is 18.9. The number of aromatic amines is 2. The van der Waals surface area contributed by atoms with Crippen molar-refractivity contribution in [1.29, 1.82) is 0 Å². The maximum absolute atomic E-state index is 12.8.